The Balaban J connectivity index is 0.000000118. The number of sulfone groups is 1. The fourth-order valence-corrected chi connectivity index (χ4v) is 22.1. The van der Waals surface area contributed by atoms with Crippen LogP contribution in [0.2, 0.25) is 0 Å². The largest absolute Gasteiger partial charge is 0.322 e. The molecule has 0 saturated carbocycles. The van der Waals surface area contributed by atoms with Gasteiger partial charge in [0.15, 0.2) is 17.3 Å². The number of aryl methyl sites for hydroxylation is 1. The van der Waals surface area contributed by atoms with Gasteiger partial charge in [-0.1, -0.05) is 230 Å². The number of pyridine rings is 3. The number of anilines is 1. The number of rotatable bonds is 16. The summed E-state index contributed by atoms with van der Waals surface area (Å²) in [4.78, 5) is 80.4. The Morgan fingerprint density at radius 3 is 1.10 bits per heavy atom. The highest BCUT2D eigenvalue weighted by Crippen LogP contribution is 2.37. The molecule has 1 amide bonds. The van der Waals surface area contributed by atoms with Gasteiger partial charge in [0.2, 0.25) is 9.84 Å². The summed E-state index contributed by atoms with van der Waals surface area (Å²) in [6.07, 6.45) is 10.0. The molecule has 0 bridgehead atoms. The van der Waals surface area contributed by atoms with Crippen LogP contribution in [0.25, 0.3) is 96.9 Å². The van der Waals surface area contributed by atoms with Gasteiger partial charge < -0.3 is 5.32 Å². The molecular formula is C106H82N4O11S5. The van der Waals surface area contributed by atoms with Gasteiger partial charge in [-0.3, -0.25) is 40.8 Å². The lowest BCUT2D eigenvalue weighted by molar-refractivity contribution is -0.116. The van der Waals surface area contributed by atoms with Gasteiger partial charge in [0.05, 0.1) is 44.1 Å². The smallest absolute Gasteiger partial charge is 0.257 e. The molecule has 15 nitrogen and oxygen atoms in total. The minimum absolute atomic E-state index is 0.00671. The number of nitrogens with zero attached hydrogens (tertiary/aromatic N) is 3. The van der Waals surface area contributed by atoms with Crippen molar-refractivity contribution in [1.82, 2.24) is 15.0 Å². The monoisotopic (exact) mass is 1750 g/mol. The second-order valence-corrected chi connectivity index (χ2v) is 41.5. The van der Waals surface area contributed by atoms with Crippen molar-refractivity contribution >= 4 is 169 Å². The van der Waals surface area contributed by atoms with Gasteiger partial charge in [-0.15, -0.1) is 0 Å². The second-order valence-electron chi connectivity index (χ2n) is 31.0. The molecule has 1 N–H and O–H groups in total. The molecule has 15 aromatic rings. The summed E-state index contributed by atoms with van der Waals surface area (Å²) >= 11 is 0. The van der Waals surface area contributed by atoms with E-state index < -0.39 is 47.9 Å². The van der Waals surface area contributed by atoms with Crippen LogP contribution in [0.1, 0.15) is 104 Å². The molecule has 12 aromatic carbocycles. The summed E-state index contributed by atoms with van der Waals surface area (Å²) < 4.78 is 73.7. The van der Waals surface area contributed by atoms with Crippen LogP contribution in [0.3, 0.4) is 0 Å². The van der Waals surface area contributed by atoms with E-state index in [0.29, 0.717) is 56.1 Å². The Morgan fingerprint density at radius 2 is 0.667 bits per heavy atom. The Morgan fingerprint density at radius 1 is 0.317 bits per heavy atom. The van der Waals surface area contributed by atoms with E-state index in [0.717, 1.165) is 126 Å². The topological polar surface area (TPSA) is 238 Å². The summed E-state index contributed by atoms with van der Waals surface area (Å²) in [5.74, 6) is 15.0. The second kappa shape index (κ2) is 35.5. The van der Waals surface area contributed by atoms with Gasteiger partial charge in [-0.2, -0.15) is 0 Å². The normalized spacial score (nSPS) is 17.4. The van der Waals surface area contributed by atoms with Crippen molar-refractivity contribution < 1.29 is 49.2 Å². The molecule has 3 aromatic heterocycles. The van der Waals surface area contributed by atoms with Gasteiger partial charge in [0, 0.05) is 144 Å². The molecule has 126 heavy (non-hydrogen) atoms. The molecule has 8 heterocycles. The predicted molar refractivity (Wildman–Crippen MR) is 518 cm³/mol. The third kappa shape index (κ3) is 18.9. The number of nitrogens with one attached hydrogen (secondary N) is 1. The van der Waals surface area contributed by atoms with Gasteiger partial charge in [0.25, 0.3) is 5.91 Å². The van der Waals surface area contributed by atoms with Crippen LogP contribution in [0, 0.1) is 6.92 Å². The molecule has 20 heteroatoms. The molecule has 20 rings (SSSR count). The number of carbonyl (C=O) groups is 5. The van der Waals surface area contributed by atoms with Crippen LogP contribution < -0.4 is 5.32 Å². The average molecular weight is 1750 g/mol. The first-order valence-electron chi connectivity index (χ1n) is 40.1. The SMILES string of the molecule is C=S1(=O)C=Cc2ccc(CC(=O)c3cc(-c4ccccc4)nc(-c4ccccc4)c3)cc21.C=S1(=O)C=Cc2ccc(CC(=O)c3cc(-c4ccccc4)nc4ccccc34)cc21.C=S1(=O)C=Cc2ccc(CC(=O)c3ccc(C)cc3)cc21.C=S1(=O)C=Cc2ccc(CC(C)=O)cc21.O=C(Nc1ccc2c(c1)S(=O)(=O)C=C2)c1c2ccccc2nc2ccccc12. The summed E-state index contributed by atoms with van der Waals surface area (Å²) in [6.45, 7) is 3.54. The van der Waals surface area contributed by atoms with Crippen LogP contribution >= 0.6 is 0 Å². The van der Waals surface area contributed by atoms with Crippen molar-refractivity contribution in [2.75, 3.05) is 5.32 Å². The molecule has 5 aliphatic heterocycles. The van der Waals surface area contributed by atoms with Crippen molar-refractivity contribution in [3.05, 3.63) is 402 Å². The van der Waals surface area contributed by atoms with Crippen LogP contribution in [0.4, 0.5) is 5.69 Å². The van der Waals surface area contributed by atoms with E-state index in [9.17, 15) is 49.2 Å². The standard InChI is InChI=1S/C28H21NO2S.C26H19NO2S.C22H14N2O3S.C18H16O2S.C12H12O2S/c1-32(31)15-14-23-13-12-20(17-28(23)32)16-27(30)24-18-25(21-8-4-2-5-9-21)29-26(19-24)22-10-6-3-7-11-22;1-30(29)14-13-20-12-11-18(16-26(20)30)15-25(28)22-17-24(19-7-3-2-4-8-19)27-23-10-6-5-9-21(22)23;25-22(23-15-10-9-14-11-12-28(26,27)20(14)13-15)21-16-5-1-3-7-18(16)24-19-8-4-2-6-17(19)21;1-13-3-6-15(7-4-13)17(19)11-14-5-8-16-9-10-21(2,20)18(16)12-14;1-9(13)7-10-3-4-11-5-6-15(2,14)12(11)8-10/h2-15,17-19H,1,16H2;2-14,16-17H,1,15H2;1-13H,(H,23,25);3-10,12H,2,11H2,1H3;3-6,8H,2,7H2,1H3. The Labute approximate surface area is 733 Å². The van der Waals surface area contributed by atoms with Crippen LogP contribution in [-0.4, -0.2) is 92.7 Å². The van der Waals surface area contributed by atoms with Crippen LogP contribution in [-0.2, 0) is 78.4 Å². The van der Waals surface area contributed by atoms with Crippen molar-refractivity contribution in [3.63, 3.8) is 0 Å². The average Bonchev–Trinajstić information content (AvgIpc) is 1.11. The summed E-state index contributed by atoms with van der Waals surface area (Å²) in [5, 5.41) is 12.9. The molecule has 0 radical (unpaired) electrons. The molecule has 5 aliphatic rings. The number of amides is 1. The van der Waals surface area contributed by atoms with Crippen LogP contribution in [0.5, 0.6) is 0 Å². The predicted octanol–water partition coefficient (Wildman–Crippen LogP) is 21.0. The van der Waals surface area contributed by atoms with Crippen LogP contribution in [0.15, 0.2) is 349 Å². The molecule has 0 fully saturated rings. The third-order valence-electron chi connectivity index (χ3n) is 21.8. The zero-order valence-electron chi connectivity index (χ0n) is 68.6. The first-order chi connectivity index (χ1) is 60.5. The number of carbonyl (C=O) groups excluding carboxylic acids is 5. The maximum absolute atomic E-state index is 13.3. The van der Waals surface area contributed by atoms with Crippen molar-refractivity contribution in [2.45, 2.75) is 64.0 Å². The number of hydrogen-bond acceptors (Lipinski definition) is 14. The fourth-order valence-electron chi connectivity index (χ4n) is 15.3. The third-order valence-corrected chi connectivity index (χ3v) is 29.9. The van der Waals surface area contributed by atoms with E-state index in [-0.39, 0.29) is 46.8 Å². The zero-order chi connectivity index (χ0) is 88.2. The Kier molecular flexibility index (Phi) is 24.1. The number of Topliss-reactive ketones (excluding diaryl/α,β-unsaturated/α-hetero) is 4. The highest BCUT2D eigenvalue weighted by Gasteiger charge is 2.26. The molecule has 622 valence electrons. The Hall–Kier alpha value is -14.3. The van der Waals surface area contributed by atoms with E-state index in [1.807, 2.05) is 310 Å². The maximum atomic E-state index is 13.3. The van der Waals surface area contributed by atoms with Gasteiger partial charge in [0.1, 0.15) is 5.78 Å². The summed E-state index contributed by atoms with van der Waals surface area (Å²) in [6, 6.07) is 92.9. The first-order valence-corrected chi connectivity index (χ1v) is 48.8. The highest BCUT2D eigenvalue weighted by atomic mass is 32.2. The molecule has 0 aliphatic carbocycles. The lowest BCUT2D eigenvalue weighted by Crippen LogP contribution is -2.14. The number of ketones is 4. The van der Waals surface area contributed by atoms with Crippen molar-refractivity contribution in [2.24, 2.45) is 0 Å². The maximum Gasteiger partial charge on any atom is 0.257 e. The minimum Gasteiger partial charge on any atom is -0.322 e. The number of aromatic nitrogens is 3. The first kappa shape index (κ1) is 85.3. The highest BCUT2D eigenvalue weighted by molar-refractivity contribution is 8.04. The molecule has 0 spiro atoms. The zero-order valence-corrected chi connectivity index (χ0v) is 72.7. The van der Waals surface area contributed by atoms with E-state index in [1.165, 1.54) is 11.5 Å². The van der Waals surface area contributed by atoms with Crippen molar-refractivity contribution in [3.8, 4) is 33.8 Å². The number of benzene rings is 12. The molecular weight excluding hydrogens is 1670 g/mol. The van der Waals surface area contributed by atoms with Gasteiger partial charge >= 0.3 is 0 Å². The van der Waals surface area contributed by atoms with E-state index in [1.54, 1.807) is 46.8 Å². The number of hydrogen-bond donors (Lipinski definition) is 1. The van der Waals surface area contributed by atoms with E-state index >= 15 is 0 Å². The summed E-state index contributed by atoms with van der Waals surface area (Å²) in [5.41, 5.74) is 19.2. The quantitative estimate of drug-likeness (QED) is 0.0538. The van der Waals surface area contributed by atoms with Gasteiger partial charge in [-0.25, -0.2) is 23.4 Å². The molecule has 0 saturated heterocycles. The van der Waals surface area contributed by atoms with E-state index in [4.69, 9.17) is 9.97 Å². The summed E-state index contributed by atoms with van der Waals surface area (Å²) in [7, 11) is -12.8. The number of fused-ring (bicyclic) bond motifs is 8. The van der Waals surface area contributed by atoms with E-state index in [2.05, 4.69) is 33.8 Å². The lowest BCUT2D eigenvalue weighted by atomic mass is 9.97. The van der Waals surface area contributed by atoms with Crippen molar-refractivity contribution in [1.29, 1.82) is 0 Å². The van der Waals surface area contributed by atoms with Gasteiger partial charge in [-0.05, 0) is 212 Å². The minimum atomic E-state index is -3.44. The lowest BCUT2D eigenvalue weighted by Gasteiger charge is -2.12. The Bertz CT molecular complexity index is 7690. The fraction of sp³-hybridized carbons (Fsp3) is 0.0566. The molecule has 4 atom stereocenters. The number of para-hydroxylation sites is 3. The molecule has 4 unspecified atom stereocenters.